The van der Waals surface area contributed by atoms with E-state index in [9.17, 15) is 0 Å². The highest BCUT2D eigenvalue weighted by Gasteiger charge is 2.10. The standard InChI is InChI=1S/C18H24ClN5O/c1-14-12-17(21-13-15-4-2-3-5-16(15)19)23-18(22-14)20-6-7-24-8-10-25-11-9-24/h2-5,12H,6-11,13H2,1H3,(H2,20,21,22,23). The molecule has 1 aromatic heterocycles. The van der Waals surface area contributed by atoms with Gasteiger partial charge in [0.05, 0.1) is 13.2 Å². The minimum Gasteiger partial charge on any atom is -0.379 e. The molecule has 0 amide bonds. The fourth-order valence-electron chi connectivity index (χ4n) is 2.72. The third kappa shape index (κ3) is 5.56. The molecule has 2 N–H and O–H groups in total. The van der Waals surface area contributed by atoms with Gasteiger partial charge in [-0.1, -0.05) is 29.8 Å². The molecule has 6 nitrogen and oxygen atoms in total. The first-order valence-corrected chi connectivity index (χ1v) is 8.95. The zero-order valence-corrected chi connectivity index (χ0v) is 15.2. The zero-order chi connectivity index (χ0) is 17.5. The van der Waals surface area contributed by atoms with Crippen molar-refractivity contribution in [2.24, 2.45) is 0 Å². The Kier molecular flexibility index (Phi) is 6.44. The van der Waals surface area contributed by atoms with Crippen LogP contribution < -0.4 is 10.6 Å². The van der Waals surface area contributed by atoms with E-state index >= 15 is 0 Å². The van der Waals surface area contributed by atoms with Crippen molar-refractivity contribution < 1.29 is 4.74 Å². The van der Waals surface area contributed by atoms with Gasteiger partial charge < -0.3 is 15.4 Å². The Morgan fingerprint density at radius 1 is 1.16 bits per heavy atom. The Morgan fingerprint density at radius 2 is 1.96 bits per heavy atom. The fourth-order valence-corrected chi connectivity index (χ4v) is 2.92. The van der Waals surface area contributed by atoms with Crippen LogP contribution in [0.3, 0.4) is 0 Å². The highest BCUT2D eigenvalue weighted by Crippen LogP contribution is 2.17. The maximum absolute atomic E-state index is 6.20. The number of hydrogen-bond donors (Lipinski definition) is 2. The van der Waals surface area contributed by atoms with E-state index in [0.29, 0.717) is 12.5 Å². The van der Waals surface area contributed by atoms with Gasteiger partial charge in [0, 0.05) is 49.5 Å². The molecule has 1 aliphatic rings. The van der Waals surface area contributed by atoms with Gasteiger partial charge in [-0.05, 0) is 18.6 Å². The first-order chi connectivity index (χ1) is 12.2. The molecule has 0 unspecified atom stereocenters. The zero-order valence-electron chi connectivity index (χ0n) is 14.5. The minimum atomic E-state index is 0.628. The molecule has 1 fully saturated rings. The summed E-state index contributed by atoms with van der Waals surface area (Å²) < 4.78 is 5.36. The topological polar surface area (TPSA) is 62.3 Å². The molecule has 2 aromatic rings. The number of anilines is 2. The Balaban J connectivity index is 1.53. The van der Waals surface area contributed by atoms with E-state index in [0.717, 1.165) is 61.5 Å². The van der Waals surface area contributed by atoms with Crippen LogP contribution in [0.2, 0.25) is 5.02 Å². The Labute approximate surface area is 153 Å². The average molecular weight is 362 g/mol. The summed E-state index contributed by atoms with van der Waals surface area (Å²) in [7, 11) is 0. The molecular weight excluding hydrogens is 338 g/mol. The molecule has 25 heavy (non-hydrogen) atoms. The quantitative estimate of drug-likeness (QED) is 0.790. The first-order valence-electron chi connectivity index (χ1n) is 8.57. The Hall–Kier alpha value is -1.89. The third-order valence-electron chi connectivity index (χ3n) is 4.09. The molecule has 7 heteroatoms. The second-order valence-electron chi connectivity index (χ2n) is 6.04. The van der Waals surface area contributed by atoms with Gasteiger partial charge in [0.1, 0.15) is 5.82 Å². The molecule has 2 heterocycles. The summed E-state index contributed by atoms with van der Waals surface area (Å²) in [5.41, 5.74) is 1.97. The number of nitrogens with one attached hydrogen (secondary N) is 2. The van der Waals surface area contributed by atoms with Gasteiger partial charge in [0.15, 0.2) is 0 Å². The van der Waals surface area contributed by atoms with Crippen LogP contribution >= 0.6 is 11.6 Å². The summed E-state index contributed by atoms with van der Waals surface area (Å²) in [6.45, 7) is 7.98. The molecule has 0 saturated carbocycles. The lowest BCUT2D eigenvalue weighted by Crippen LogP contribution is -2.39. The summed E-state index contributed by atoms with van der Waals surface area (Å²) in [5, 5.41) is 7.39. The Bertz CT molecular complexity index is 691. The summed E-state index contributed by atoms with van der Waals surface area (Å²) in [6, 6.07) is 9.74. The summed E-state index contributed by atoms with van der Waals surface area (Å²) in [5.74, 6) is 1.44. The molecule has 0 aliphatic carbocycles. The molecular formula is C18H24ClN5O. The van der Waals surface area contributed by atoms with Crippen molar-refractivity contribution in [2.45, 2.75) is 13.5 Å². The number of ether oxygens (including phenoxy) is 1. The van der Waals surface area contributed by atoms with Crippen molar-refractivity contribution in [1.29, 1.82) is 0 Å². The number of morpholine rings is 1. The van der Waals surface area contributed by atoms with Gasteiger partial charge in [-0.25, -0.2) is 4.98 Å². The van der Waals surface area contributed by atoms with E-state index in [4.69, 9.17) is 16.3 Å². The van der Waals surface area contributed by atoms with Crippen LogP contribution in [0.4, 0.5) is 11.8 Å². The second kappa shape index (κ2) is 8.99. The average Bonchev–Trinajstić information content (AvgIpc) is 2.62. The van der Waals surface area contributed by atoms with Gasteiger partial charge in [0.25, 0.3) is 0 Å². The van der Waals surface area contributed by atoms with Gasteiger partial charge in [-0.2, -0.15) is 4.98 Å². The number of benzene rings is 1. The highest BCUT2D eigenvalue weighted by atomic mass is 35.5. The molecule has 0 radical (unpaired) electrons. The van der Waals surface area contributed by atoms with Gasteiger partial charge in [-0.3, -0.25) is 4.90 Å². The predicted octanol–water partition coefficient (Wildman–Crippen LogP) is 2.79. The number of nitrogens with zero attached hydrogens (tertiary/aromatic N) is 3. The smallest absolute Gasteiger partial charge is 0.224 e. The first kappa shape index (κ1) is 17.9. The molecule has 1 aliphatic heterocycles. The molecule has 0 bridgehead atoms. The lowest BCUT2D eigenvalue weighted by Gasteiger charge is -2.26. The van der Waals surface area contributed by atoms with Crippen LogP contribution in [-0.2, 0) is 11.3 Å². The van der Waals surface area contributed by atoms with Crippen LogP contribution in [0.1, 0.15) is 11.3 Å². The summed E-state index contributed by atoms with van der Waals surface area (Å²) in [6.07, 6.45) is 0. The normalized spacial score (nSPS) is 15.1. The maximum atomic E-state index is 6.20. The maximum Gasteiger partial charge on any atom is 0.224 e. The van der Waals surface area contributed by atoms with E-state index in [-0.39, 0.29) is 0 Å². The van der Waals surface area contributed by atoms with Crippen LogP contribution in [0, 0.1) is 6.92 Å². The SMILES string of the molecule is Cc1cc(NCc2ccccc2Cl)nc(NCCN2CCOCC2)n1. The van der Waals surface area contributed by atoms with E-state index in [1.165, 1.54) is 0 Å². The van der Waals surface area contributed by atoms with E-state index in [2.05, 4.69) is 25.5 Å². The van der Waals surface area contributed by atoms with E-state index < -0.39 is 0 Å². The molecule has 1 saturated heterocycles. The fraction of sp³-hybridized carbons (Fsp3) is 0.444. The highest BCUT2D eigenvalue weighted by molar-refractivity contribution is 6.31. The predicted molar refractivity (Wildman–Crippen MR) is 101 cm³/mol. The lowest BCUT2D eigenvalue weighted by molar-refractivity contribution is 0.0398. The van der Waals surface area contributed by atoms with Crippen LogP contribution in [0.5, 0.6) is 0 Å². The van der Waals surface area contributed by atoms with Crippen molar-refractivity contribution in [2.75, 3.05) is 50.0 Å². The van der Waals surface area contributed by atoms with Gasteiger partial charge >= 0.3 is 0 Å². The van der Waals surface area contributed by atoms with Crippen LogP contribution in [-0.4, -0.2) is 54.3 Å². The van der Waals surface area contributed by atoms with Crippen molar-refractivity contribution in [3.8, 4) is 0 Å². The minimum absolute atomic E-state index is 0.628. The second-order valence-corrected chi connectivity index (χ2v) is 6.45. The van der Waals surface area contributed by atoms with Crippen molar-refractivity contribution in [1.82, 2.24) is 14.9 Å². The molecule has 0 atom stereocenters. The van der Waals surface area contributed by atoms with Gasteiger partial charge in [-0.15, -0.1) is 0 Å². The number of aromatic nitrogens is 2. The number of rotatable bonds is 7. The summed E-state index contributed by atoms with van der Waals surface area (Å²) in [4.78, 5) is 11.4. The van der Waals surface area contributed by atoms with Crippen molar-refractivity contribution >= 4 is 23.4 Å². The van der Waals surface area contributed by atoms with Crippen molar-refractivity contribution in [3.05, 3.63) is 46.6 Å². The van der Waals surface area contributed by atoms with Crippen molar-refractivity contribution in [3.63, 3.8) is 0 Å². The lowest BCUT2D eigenvalue weighted by atomic mass is 10.2. The monoisotopic (exact) mass is 361 g/mol. The molecule has 1 aromatic carbocycles. The Morgan fingerprint density at radius 3 is 2.76 bits per heavy atom. The van der Waals surface area contributed by atoms with Crippen LogP contribution in [0.25, 0.3) is 0 Å². The number of aryl methyl sites for hydroxylation is 1. The van der Waals surface area contributed by atoms with E-state index in [1.807, 2.05) is 37.3 Å². The largest absolute Gasteiger partial charge is 0.379 e. The van der Waals surface area contributed by atoms with E-state index in [1.54, 1.807) is 0 Å². The molecule has 3 rings (SSSR count). The number of halogens is 1. The number of hydrogen-bond acceptors (Lipinski definition) is 6. The third-order valence-corrected chi connectivity index (χ3v) is 4.46. The van der Waals surface area contributed by atoms with Gasteiger partial charge in [0.2, 0.25) is 5.95 Å². The summed E-state index contributed by atoms with van der Waals surface area (Å²) >= 11 is 6.20. The molecule has 134 valence electrons. The molecule has 0 spiro atoms. The van der Waals surface area contributed by atoms with Crippen LogP contribution in [0.15, 0.2) is 30.3 Å².